The monoisotopic (exact) mass is 474 g/mol. The Labute approximate surface area is 203 Å². The lowest BCUT2D eigenvalue weighted by atomic mass is 9.96. The van der Waals surface area contributed by atoms with Crippen molar-refractivity contribution >= 4 is 22.9 Å². The standard InChI is InChI=1S/C27H26N2O4S/c1-18-24(26(30)31)25(29-27(28-18)34-17-20-11-13-22(32-2)14-12-20)21-9-6-10-23(15-21)33-16-19-7-4-3-5-8-19/h3-15,25H,16-17H2,1-2H3,(H,28,29)(H,30,31). The second kappa shape index (κ2) is 10.9. The molecule has 2 N–H and O–H groups in total. The average Bonchev–Trinajstić information content (AvgIpc) is 2.86. The highest BCUT2D eigenvalue weighted by Gasteiger charge is 2.29. The molecular formula is C27H26N2O4S. The largest absolute Gasteiger partial charge is 0.497 e. The van der Waals surface area contributed by atoms with E-state index in [0.29, 0.717) is 29.0 Å². The van der Waals surface area contributed by atoms with E-state index in [1.165, 1.54) is 11.8 Å². The molecule has 4 rings (SSSR count). The number of nitrogens with one attached hydrogen (secondary N) is 1. The van der Waals surface area contributed by atoms with Crippen LogP contribution in [-0.2, 0) is 17.2 Å². The summed E-state index contributed by atoms with van der Waals surface area (Å²) in [5.41, 5.74) is 3.77. The van der Waals surface area contributed by atoms with Gasteiger partial charge in [0.15, 0.2) is 5.17 Å². The molecule has 0 aliphatic carbocycles. The van der Waals surface area contributed by atoms with Crippen LogP contribution in [0.4, 0.5) is 0 Å². The van der Waals surface area contributed by atoms with Crippen molar-refractivity contribution < 1.29 is 19.4 Å². The van der Waals surface area contributed by atoms with Crippen LogP contribution >= 0.6 is 11.8 Å². The molecule has 0 aromatic heterocycles. The number of methoxy groups -OCH3 is 1. The van der Waals surface area contributed by atoms with Gasteiger partial charge in [-0.05, 0) is 47.9 Å². The Bertz CT molecular complexity index is 1210. The summed E-state index contributed by atoms with van der Waals surface area (Å²) in [6.45, 7) is 2.21. The first-order valence-corrected chi connectivity index (χ1v) is 11.8. The fourth-order valence-electron chi connectivity index (χ4n) is 3.63. The van der Waals surface area contributed by atoms with E-state index in [2.05, 4.69) is 5.32 Å². The third kappa shape index (κ3) is 5.80. The van der Waals surface area contributed by atoms with E-state index < -0.39 is 12.0 Å². The Kier molecular flexibility index (Phi) is 7.54. The van der Waals surface area contributed by atoms with Crippen molar-refractivity contribution in [3.05, 3.63) is 107 Å². The van der Waals surface area contributed by atoms with E-state index in [1.54, 1.807) is 14.0 Å². The number of benzene rings is 3. The SMILES string of the molecule is COc1ccc(CSC2=NC(c3cccc(OCc4ccccc4)c3)C(C(=O)O)=C(C)N2)cc1. The molecule has 0 amide bonds. The minimum atomic E-state index is -0.992. The van der Waals surface area contributed by atoms with Crippen molar-refractivity contribution in [3.63, 3.8) is 0 Å². The minimum Gasteiger partial charge on any atom is -0.497 e. The summed E-state index contributed by atoms with van der Waals surface area (Å²) in [6.07, 6.45) is 0. The van der Waals surface area contributed by atoms with Gasteiger partial charge in [0.2, 0.25) is 0 Å². The van der Waals surface area contributed by atoms with E-state index >= 15 is 0 Å². The number of hydrogen-bond donors (Lipinski definition) is 2. The van der Waals surface area contributed by atoms with Crippen molar-refractivity contribution in [2.75, 3.05) is 7.11 Å². The first-order valence-electron chi connectivity index (χ1n) is 10.8. The van der Waals surface area contributed by atoms with E-state index in [-0.39, 0.29) is 5.57 Å². The molecule has 1 atom stereocenters. The zero-order valence-electron chi connectivity index (χ0n) is 19.0. The number of hydrogen-bond acceptors (Lipinski definition) is 6. The maximum absolute atomic E-state index is 12.1. The second-order valence-electron chi connectivity index (χ2n) is 7.79. The highest BCUT2D eigenvalue weighted by atomic mass is 32.2. The third-order valence-electron chi connectivity index (χ3n) is 5.41. The molecule has 0 saturated carbocycles. The van der Waals surface area contributed by atoms with Crippen LogP contribution in [0.2, 0.25) is 0 Å². The number of carboxylic acid groups (broad SMARTS) is 1. The van der Waals surface area contributed by atoms with Gasteiger partial charge < -0.3 is 19.9 Å². The van der Waals surface area contributed by atoms with Crippen molar-refractivity contribution in [3.8, 4) is 11.5 Å². The number of carboxylic acids is 1. The molecule has 34 heavy (non-hydrogen) atoms. The number of amidine groups is 1. The minimum absolute atomic E-state index is 0.231. The molecule has 7 heteroatoms. The summed E-state index contributed by atoms with van der Waals surface area (Å²) < 4.78 is 11.2. The van der Waals surface area contributed by atoms with E-state index in [1.807, 2.05) is 78.9 Å². The van der Waals surface area contributed by atoms with Gasteiger partial charge in [-0.15, -0.1) is 0 Å². The Balaban J connectivity index is 1.53. The summed E-state index contributed by atoms with van der Waals surface area (Å²) >= 11 is 1.53. The van der Waals surface area contributed by atoms with Crippen LogP contribution in [0.25, 0.3) is 0 Å². The molecule has 3 aromatic rings. The van der Waals surface area contributed by atoms with E-state index in [4.69, 9.17) is 14.5 Å². The zero-order chi connectivity index (χ0) is 23.9. The molecule has 0 bridgehead atoms. The third-order valence-corrected chi connectivity index (χ3v) is 6.36. The maximum atomic E-state index is 12.1. The number of allylic oxidation sites excluding steroid dienone is 1. The number of aliphatic imine (C=N–C) groups is 1. The predicted octanol–water partition coefficient (Wildman–Crippen LogP) is 5.57. The van der Waals surface area contributed by atoms with Crippen LogP contribution in [0.1, 0.15) is 29.7 Å². The number of thioether (sulfide) groups is 1. The van der Waals surface area contributed by atoms with Crippen molar-refractivity contribution in [1.29, 1.82) is 0 Å². The molecule has 1 aliphatic rings. The number of ether oxygens (including phenoxy) is 2. The summed E-state index contributed by atoms with van der Waals surface area (Å²) in [7, 11) is 1.64. The van der Waals surface area contributed by atoms with Crippen molar-refractivity contribution in [2.45, 2.75) is 25.3 Å². The van der Waals surface area contributed by atoms with Gasteiger partial charge in [0, 0.05) is 11.4 Å². The summed E-state index contributed by atoms with van der Waals surface area (Å²) in [4.78, 5) is 16.8. The van der Waals surface area contributed by atoms with Crippen LogP contribution in [0, 0.1) is 0 Å². The van der Waals surface area contributed by atoms with Crippen LogP contribution < -0.4 is 14.8 Å². The van der Waals surface area contributed by atoms with Crippen LogP contribution in [-0.4, -0.2) is 23.4 Å². The van der Waals surface area contributed by atoms with E-state index in [0.717, 1.165) is 22.4 Å². The summed E-state index contributed by atoms with van der Waals surface area (Å²) in [5, 5.41) is 13.7. The molecule has 1 unspecified atom stereocenters. The number of aliphatic carboxylic acids is 1. The second-order valence-corrected chi connectivity index (χ2v) is 8.75. The summed E-state index contributed by atoms with van der Waals surface area (Å²) in [6, 6.07) is 24.6. The van der Waals surface area contributed by atoms with Gasteiger partial charge in [-0.25, -0.2) is 9.79 Å². The molecule has 0 radical (unpaired) electrons. The molecule has 174 valence electrons. The lowest BCUT2D eigenvalue weighted by Crippen LogP contribution is -2.29. The van der Waals surface area contributed by atoms with Crippen LogP contribution in [0.15, 0.2) is 95.1 Å². The molecule has 0 spiro atoms. The predicted molar refractivity (Wildman–Crippen MR) is 135 cm³/mol. The highest BCUT2D eigenvalue weighted by molar-refractivity contribution is 8.13. The topological polar surface area (TPSA) is 80.2 Å². The lowest BCUT2D eigenvalue weighted by Gasteiger charge is -2.25. The van der Waals surface area contributed by atoms with Gasteiger partial charge >= 0.3 is 5.97 Å². The normalized spacial score (nSPS) is 15.4. The zero-order valence-corrected chi connectivity index (χ0v) is 19.8. The number of nitrogens with zero attached hydrogens (tertiary/aromatic N) is 1. The lowest BCUT2D eigenvalue weighted by molar-refractivity contribution is -0.133. The quantitative estimate of drug-likeness (QED) is 0.445. The van der Waals surface area contributed by atoms with Gasteiger partial charge in [-0.2, -0.15) is 0 Å². The number of rotatable bonds is 8. The Morgan fingerprint density at radius 2 is 1.76 bits per heavy atom. The maximum Gasteiger partial charge on any atom is 0.335 e. The Morgan fingerprint density at radius 3 is 2.47 bits per heavy atom. The fraction of sp³-hybridized carbons (Fsp3) is 0.185. The summed E-state index contributed by atoms with van der Waals surface area (Å²) in [5.74, 6) is 1.18. The van der Waals surface area contributed by atoms with Gasteiger partial charge in [-0.3, -0.25) is 0 Å². The average molecular weight is 475 g/mol. The van der Waals surface area contributed by atoms with Crippen LogP contribution in [0.3, 0.4) is 0 Å². The molecule has 0 fully saturated rings. The molecule has 6 nitrogen and oxygen atoms in total. The van der Waals surface area contributed by atoms with Gasteiger partial charge in [0.05, 0.1) is 12.7 Å². The van der Waals surface area contributed by atoms with Gasteiger partial charge in [0.25, 0.3) is 0 Å². The first-order chi connectivity index (χ1) is 16.5. The molecular weight excluding hydrogens is 448 g/mol. The molecule has 0 saturated heterocycles. The first kappa shape index (κ1) is 23.4. The van der Waals surface area contributed by atoms with Crippen molar-refractivity contribution in [1.82, 2.24) is 5.32 Å². The smallest absolute Gasteiger partial charge is 0.335 e. The number of carbonyl (C=O) groups is 1. The molecule has 1 heterocycles. The molecule has 1 aliphatic heterocycles. The van der Waals surface area contributed by atoms with Crippen molar-refractivity contribution in [2.24, 2.45) is 4.99 Å². The fourth-order valence-corrected chi connectivity index (χ4v) is 4.53. The Morgan fingerprint density at radius 1 is 1.00 bits per heavy atom. The van der Waals surface area contributed by atoms with E-state index in [9.17, 15) is 9.90 Å². The van der Waals surface area contributed by atoms with Crippen LogP contribution in [0.5, 0.6) is 11.5 Å². The highest BCUT2D eigenvalue weighted by Crippen LogP contribution is 2.34. The Hall–Kier alpha value is -3.71. The van der Waals surface area contributed by atoms with Gasteiger partial charge in [-0.1, -0.05) is 66.4 Å². The molecule has 3 aromatic carbocycles. The van der Waals surface area contributed by atoms with Gasteiger partial charge in [0.1, 0.15) is 24.1 Å².